The van der Waals surface area contributed by atoms with Crippen LogP contribution in [0.3, 0.4) is 0 Å². The molecule has 0 spiro atoms. The highest BCUT2D eigenvalue weighted by atomic mass is 16.3. The predicted molar refractivity (Wildman–Crippen MR) is 92.5 cm³/mol. The molecular weight excluding hydrogens is 272 g/mol. The molecule has 22 heavy (non-hydrogen) atoms. The van der Waals surface area contributed by atoms with Crippen LogP contribution in [0.2, 0.25) is 0 Å². The van der Waals surface area contributed by atoms with Crippen LogP contribution in [0, 0.1) is 22.7 Å². The van der Waals surface area contributed by atoms with Crippen molar-refractivity contribution in [2.75, 3.05) is 0 Å². The Morgan fingerprint density at radius 1 is 1.45 bits per heavy atom. The van der Waals surface area contributed by atoms with Gasteiger partial charge < -0.3 is 10.2 Å². The largest absolute Gasteiger partial charge is 0.392 e. The number of aliphatic hydroxyl groups excluding tert-OH is 1. The second kappa shape index (κ2) is 5.79. The minimum atomic E-state index is -0.797. The standard InChI is InChI=1S/C20H34O2/c1-7-18(4,22)11-12-19(5)15(3)13-17(21)20(6)14(2)9-8-10-16(19)20/h7,9,15-17,21-22H,1,8,10-13H2,2-6H3/t15-,16-,17+,18-,19+,20+/m1/s1. The maximum absolute atomic E-state index is 10.8. The van der Waals surface area contributed by atoms with Crippen LogP contribution in [0.5, 0.6) is 0 Å². The summed E-state index contributed by atoms with van der Waals surface area (Å²) in [6.45, 7) is 14.7. The molecule has 0 bridgehead atoms. The quantitative estimate of drug-likeness (QED) is 0.752. The van der Waals surface area contributed by atoms with E-state index in [2.05, 4.69) is 40.3 Å². The third kappa shape index (κ3) is 2.69. The average Bonchev–Trinajstić information content (AvgIpc) is 2.46. The van der Waals surface area contributed by atoms with Crippen molar-refractivity contribution in [2.45, 2.75) is 78.4 Å². The third-order valence-electron chi connectivity index (χ3n) is 7.28. The summed E-state index contributed by atoms with van der Waals surface area (Å²) >= 11 is 0. The molecule has 6 atom stereocenters. The van der Waals surface area contributed by atoms with Gasteiger partial charge in [-0.2, -0.15) is 0 Å². The molecule has 0 aromatic heterocycles. The molecular formula is C20H34O2. The zero-order chi connectivity index (χ0) is 16.8. The first-order valence-electron chi connectivity index (χ1n) is 8.79. The Balaban J connectivity index is 2.33. The Hall–Kier alpha value is -0.600. The first kappa shape index (κ1) is 17.7. The summed E-state index contributed by atoms with van der Waals surface area (Å²) in [5.74, 6) is 0.941. The van der Waals surface area contributed by atoms with Gasteiger partial charge in [-0.1, -0.05) is 38.5 Å². The van der Waals surface area contributed by atoms with E-state index in [1.54, 1.807) is 6.08 Å². The maximum atomic E-state index is 10.8. The Morgan fingerprint density at radius 2 is 2.09 bits per heavy atom. The van der Waals surface area contributed by atoms with Gasteiger partial charge in [0.15, 0.2) is 0 Å². The van der Waals surface area contributed by atoms with Gasteiger partial charge >= 0.3 is 0 Å². The van der Waals surface area contributed by atoms with Crippen LogP contribution in [0.25, 0.3) is 0 Å². The smallest absolute Gasteiger partial charge is 0.0797 e. The SMILES string of the molecule is C=C[C@@](C)(O)CC[C@@]1(C)[C@H](C)C[C@H](O)[C@@]2(C)C(C)=CCC[C@H]12. The molecule has 2 aliphatic rings. The van der Waals surface area contributed by atoms with Crippen LogP contribution >= 0.6 is 0 Å². The lowest BCUT2D eigenvalue weighted by molar-refractivity contribution is -0.128. The maximum Gasteiger partial charge on any atom is 0.0797 e. The van der Waals surface area contributed by atoms with Crippen molar-refractivity contribution in [2.24, 2.45) is 22.7 Å². The van der Waals surface area contributed by atoms with E-state index in [1.807, 2.05) is 6.92 Å². The van der Waals surface area contributed by atoms with Gasteiger partial charge in [-0.05, 0) is 63.2 Å². The molecule has 2 nitrogen and oxygen atoms in total. The van der Waals surface area contributed by atoms with Crippen molar-refractivity contribution in [3.05, 3.63) is 24.3 Å². The van der Waals surface area contributed by atoms with Crippen molar-refractivity contribution >= 4 is 0 Å². The van der Waals surface area contributed by atoms with E-state index < -0.39 is 5.60 Å². The number of hydrogen-bond donors (Lipinski definition) is 2. The van der Waals surface area contributed by atoms with Gasteiger partial charge in [0, 0.05) is 5.41 Å². The van der Waals surface area contributed by atoms with Crippen LogP contribution in [-0.2, 0) is 0 Å². The van der Waals surface area contributed by atoms with Crippen molar-refractivity contribution < 1.29 is 10.2 Å². The van der Waals surface area contributed by atoms with Crippen LogP contribution in [0.1, 0.15) is 66.7 Å². The molecule has 0 aliphatic heterocycles. The molecule has 1 saturated carbocycles. The fourth-order valence-electron chi connectivity index (χ4n) is 5.01. The van der Waals surface area contributed by atoms with Gasteiger partial charge in [-0.25, -0.2) is 0 Å². The van der Waals surface area contributed by atoms with Crippen LogP contribution in [0.4, 0.5) is 0 Å². The van der Waals surface area contributed by atoms with E-state index in [0.717, 1.165) is 32.1 Å². The molecule has 0 heterocycles. The molecule has 2 heteroatoms. The van der Waals surface area contributed by atoms with Gasteiger partial charge in [0.2, 0.25) is 0 Å². The summed E-state index contributed by atoms with van der Waals surface area (Å²) in [6.07, 6.45) is 8.54. The van der Waals surface area contributed by atoms with E-state index in [4.69, 9.17) is 0 Å². The lowest BCUT2D eigenvalue weighted by Gasteiger charge is -2.60. The van der Waals surface area contributed by atoms with Gasteiger partial charge in [0.1, 0.15) is 0 Å². The van der Waals surface area contributed by atoms with Crippen LogP contribution in [0.15, 0.2) is 24.3 Å². The van der Waals surface area contributed by atoms with Gasteiger partial charge in [0.25, 0.3) is 0 Å². The number of allylic oxidation sites excluding steroid dienone is 1. The molecule has 2 aliphatic carbocycles. The summed E-state index contributed by atoms with van der Waals surface area (Å²) in [4.78, 5) is 0. The third-order valence-corrected chi connectivity index (χ3v) is 7.28. The Labute approximate surface area is 136 Å². The first-order valence-corrected chi connectivity index (χ1v) is 8.79. The molecule has 0 aromatic rings. The highest BCUT2D eigenvalue weighted by Gasteiger charge is 2.57. The summed E-state index contributed by atoms with van der Waals surface area (Å²) in [5.41, 5.74) is 0.593. The average molecular weight is 306 g/mol. The fraction of sp³-hybridized carbons (Fsp3) is 0.800. The van der Waals surface area contributed by atoms with E-state index in [0.29, 0.717) is 11.8 Å². The number of fused-ring (bicyclic) bond motifs is 1. The van der Waals surface area contributed by atoms with Gasteiger partial charge in [0.05, 0.1) is 11.7 Å². The summed E-state index contributed by atoms with van der Waals surface area (Å²) in [5, 5.41) is 21.1. The normalized spacial score (nSPS) is 44.7. The molecule has 0 aromatic carbocycles. The second-order valence-electron chi connectivity index (χ2n) is 8.52. The van der Waals surface area contributed by atoms with E-state index in [9.17, 15) is 10.2 Å². The Kier molecular flexibility index (Phi) is 4.68. The zero-order valence-corrected chi connectivity index (χ0v) is 15.0. The molecule has 126 valence electrons. The highest BCUT2D eigenvalue weighted by Crippen LogP contribution is 2.62. The summed E-state index contributed by atoms with van der Waals surface area (Å²) < 4.78 is 0. The second-order valence-corrected chi connectivity index (χ2v) is 8.52. The van der Waals surface area contributed by atoms with Gasteiger partial charge in [-0.15, -0.1) is 6.58 Å². The molecule has 2 rings (SSSR count). The van der Waals surface area contributed by atoms with Crippen molar-refractivity contribution in [1.82, 2.24) is 0 Å². The minimum Gasteiger partial charge on any atom is -0.392 e. The predicted octanol–water partition coefficient (Wildman–Crippen LogP) is 4.47. The molecule has 0 unspecified atom stereocenters. The first-order chi connectivity index (χ1) is 10.1. The molecule has 0 saturated heterocycles. The fourth-order valence-corrected chi connectivity index (χ4v) is 5.01. The molecule has 1 fully saturated rings. The van der Waals surface area contributed by atoms with Crippen molar-refractivity contribution in [3.8, 4) is 0 Å². The van der Waals surface area contributed by atoms with E-state index in [1.165, 1.54) is 5.57 Å². The van der Waals surface area contributed by atoms with Crippen LogP contribution in [-0.4, -0.2) is 21.9 Å². The molecule has 0 radical (unpaired) electrons. The monoisotopic (exact) mass is 306 g/mol. The topological polar surface area (TPSA) is 40.5 Å². The van der Waals surface area contributed by atoms with E-state index >= 15 is 0 Å². The molecule has 2 N–H and O–H groups in total. The molecule has 0 amide bonds. The lowest BCUT2D eigenvalue weighted by Crippen LogP contribution is -2.56. The Morgan fingerprint density at radius 3 is 2.68 bits per heavy atom. The minimum absolute atomic E-state index is 0.112. The number of rotatable bonds is 4. The lowest BCUT2D eigenvalue weighted by atomic mass is 9.46. The summed E-state index contributed by atoms with van der Waals surface area (Å²) in [7, 11) is 0. The number of hydrogen-bond acceptors (Lipinski definition) is 2. The summed E-state index contributed by atoms with van der Waals surface area (Å²) in [6, 6.07) is 0. The van der Waals surface area contributed by atoms with Crippen LogP contribution < -0.4 is 0 Å². The Bertz CT molecular complexity index is 464. The number of aliphatic hydroxyl groups is 2. The van der Waals surface area contributed by atoms with Crippen molar-refractivity contribution in [1.29, 1.82) is 0 Å². The van der Waals surface area contributed by atoms with E-state index in [-0.39, 0.29) is 16.9 Å². The van der Waals surface area contributed by atoms with Gasteiger partial charge in [-0.3, -0.25) is 0 Å². The highest BCUT2D eigenvalue weighted by molar-refractivity contribution is 5.23. The zero-order valence-electron chi connectivity index (χ0n) is 15.0. The van der Waals surface area contributed by atoms with Crippen molar-refractivity contribution in [3.63, 3.8) is 0 Å².